The predicted molar refractivity (Wildman–Crippen MR) is 70.8 cm³/mol. The van der Waals surface area contributed by atoms with E-state index in [4.69, 9.17) is 0 Å². The fraction of sp³-hybridized carbons (Fsp3) is 0.643. The molecule has 1 aromatic heterocycles. The Bertz CT molecular complexity index is 335. The number of hydrogen-bond donors (Lipinski definition) is 1. The topological polar surface area (TPSA) is 28.2 Å². The maximum atomic E-state index is 4.11. The van der Waals surface area contributed by atoms with E-state index in [0.717, 1.165) is 19.6 Å². The molecule has 0 saturated carbocycles. The predicted octanol–water partition coefficient (Wildman–Crippen LogP) is 2.05. The van der Waals surface area contributed by atoms with Gasteiger partial charge in [-0.3, -0.25) is 9.88 Å². The highest BCUT2D eigenvalue weighted by Crippen LogP contribution is 2.27. The van der Waals surface area contributed by atoms with E-state index in [0.29, 0.717) is 5.54 Å². The maximum absolute atomic E-state index is 4.11. The third kappa shape index (κ3) is 3.51. The molecule has 0 spiro atoms. The van der Waals surface area contributed by atoms with Crippen LogP contribution in [0, 0.1) is 0 Å². The van der Waals surface area contributed by atoms with E-state index >= 15 is 0 Å². The van der Waals surface area contributed by atoms with Crippen LogP contribution in [0.5, 0.6) is 0 Å². The first-order valence-electron chi connectivity index (χ1n) is 6.53. The van der Waals surface area contributed by atoms with Gasteiger partial charge in [0.05, 0.1) is 0 Å². The lowest BCUT2D eigenvalue weighted by atomic mass is 10.0. The molecule has 2 rings (SSSR count). The van der Waals surface area contributed by atoms with Crippen LogP contribution in [0.3, 0.4) is 0 Å². The Morgan fingerprint density at radius 3 is 3.00 bits per heavy atom. The van der Waals surface area contributed by atoms with Crippen LogP contribution >= 0.6 is 0 Å². The van der Waals surface area contributed by atoms with E-state index in [2.05, 4.69) is 35.1 Å². The fourth-order valence-electron chi connectivity index (χ4n) is 2.53. The molecule has 0 amide bonds. The molecule has 0 aliphatic carbocycles. The molecule has 1 saturated heterocycles. The van der Waals surface area contributed by atoms with Gasteiger partial charge in [0.15, 0.2) is 0 Å². The zero-order chi connectivity index (χ0) is 12.1. The highest BCUT2D eigenvalue weighted by Gasteiger charge is 2.30. The standard InChI is InChI=1S/C14H23N3/c1-14(2)6-4-9-17(14)10-8-16-12-13-5-3-7-15-11-13/h3,5,7,11,16H,4,6,8-10,12H2,1-2H3. The number of rotatable bonds is 5. The van der Waals surface area contributed by atoms with E-state index in [1.165, 1.54) is 24.9 Å². The van der Waals surface area contributed by atoms with Gasteiger partial charge in [-0.15, -0.1) is 0 Å². The van der Waals surface area contributed by atoms with E-state index in [1.54, 1.807) is 0 Å². The van der Waals surface area contributed by atoms with Crippen molar-refractivity contribution >= 4 is 0 Å². The number of nitrogens with zero attached hydrogens (tertiary/aromatic N) is 2. The normalized spacial score (nSPS) is 19.6. The Labute approximate surface area is 104 Å². The van der Waals surface area contributed by atoms with Crippen LogP contribution in [0.4, 0.5) is 0 Å². The second kappa shape index (κ2) is 5.61. The second-order valence-corrected chi connectivity index (χ2v) is 5.44. The van der Waals surface area contributed by atoms with Gasteiger partial charge >= 0.3 is 0 Å². The quantitative estimate of drug-likeness (QED) is 0.789. The summed E-state index contributed by atoms with van der Waals surface area (Å²) in [6, 6.07) is 4.10. The van der Waals surface area contributed by atoms with Crippen molar-refractivity contribution in [1.29, 1.82) is 0 Å². The van der Waals surface area contributed by atoms with Gasteiger partial charge < -0.3 is 5.32 Å². The number of hydrogen-bond acceptors (Lipinski definition) is 3. The monoisotopic (exact) mass is 233 g/mol. The van der Waals surface area contributed by atoms with Crippen LogP contribution in [0.1, 0.15) is 32.3 Å². The van der Waals surface area contributed by atoms with Gasteiger partial charge in [-0.2, -0.15) is 0 Å². The molecule has 0 bridgehead atoms. The third-order valence-electron chi connectivity index (χ3n) is 3.68. The van der Waals surface area contributed by atoms with Gasteiger partial charge in [0.1, 0.15) is 0 Å². The van der Waals surface area contributed by atoms with E-state index in [1.807, 2.05) is 18.5 Å². The summed E-state index contributed by atoms with van der Waals surface area (Å²) in [5.74, 6) is 0. The van der Waals surface area contributed by atoms with E-state index in [9.17, 15) is 0 Å². The van der Waals surface area contributed by atoms with Crippen molar-refractivity contribution in [3.63, 3.8) is 0 Å². The molecule has 3 nitrogen and oxygen atoms in total. The molecule has 1 N–H and O–H groups in total. The number of likely N-dealkylation sites (tertiary alicyclic amines) is 1. The Kier molecular flexibility index (Phi) is 4.13. The van der Waals surface area contributed by atoms with Crippen LogP contribution in [0.15, 0.2) is 24.5 Å². The molecule has 1 aliphatic heterocycles. The van der Waals surface area contributed by atoms with Crippen molar-refractivity contribution in [2.24, 2.45) is 0 Å². The molecule has 94 valence electrons. The summed E-state index contributed by atoms with van der Waals surface area (Å²) in [5.41, 5.74) is 1.66. The Balaban J connectivity index is 1.67. The lowest BCUT2D eigenvalue weighted by Gasteiger charge is -2.31. The van der Waals surface area contributed by atoms with Crippen LogP contribution < -0.4 is 5.32 Å². The number of nitrogens with one attached hydrogen (secondary N) is 1. The molecule has 1 fully saturated rings. The molecule has 3 heteroatoms. The highest BCUT2D eigenvalue weighted by molar-refractivity contribution is 5.07. The van der Waals surface area contributed by atoms with Crippen LogP contribution in [0.2, 0.25) is 0 Å². The first kappa shape index (κ1) is 12.5. The number of pyridine rings is 1. The van der Waals surface area contributed by atoms with Crippen LogP contribution in [-0.2, 0) is 6.54 Å². The van der Waals surface area contributed by atoms with Gasteiger partial charge in [0.25, 0.3) is 0 Å². The summed E-state index contributed by atoms with van der Waals surface area (Å²) >= 11 is 0. The van der Waals surface area contributed by atoms with Gasteiger partial charge in [0, 0.05) is 37.6 Å². The SMILES string of the molecule is CC1(C)CCCN1CCNCc1cccnc1. The summed E-state index contributed by atoms with van der Waals surface area (Å²) in [6.45, 7) is 9.07. The molecule has 1 aliphatic rings. The molecule has 0 radical (unpaired) electrons. The summed E-state index contributed by atoms with van der Waals surface area (Å²) < 4.78 is 0. The minimum absolute atomic E-state index is 0.399. The van der Waals surface area contributed by atoms with Gasteiger partial charge in [-0.05, 0) is 44.9 Å². The van der Waals surface area contributed by atoms with Crippen molar-refractivity contribution < 1.29 is 0 Å². The summed E-state index contributed by atoms with van der Waals surface area (Å²) in [7, 11) is 0. The van der Waals surface area contributed by atoms with Gasteiger partial charge in [-0.25, -0.2) is 0 Å². The fourth-order valence-corrected chi connectivity index (χ4v) is 2.53. The average molecular weight is 233 g/mol. The third-order valence-corrected chi connectivity index (χ3v) is 3.68. The van der Waals surface area contributed by atoms with Gasteiger partial charge in [-0.1, -0.05) is 6.07 Å². The molecule has 2 heterocycles. The Hall–Kier alpha value is -0.930. The van der Waals surface area contributed by atoms with Crippen LogP contribution in [0.25, 0.3) is 0 Å². The molecule has 17 heavy (non-hydrogen) atoms. The molecule has 1 aromatic rings. The van der Waals surface area contributed by atoms with Crippen molar-refractivity contribution in [2.45, 2.75) is 38.8 Å². The average Bonchev–Trinajstić information content (AvgIpc) is 2.66. The molecule has 0 unspecified atom stereocenters. The second-order valence-electron chi connectivity index (χ2n) is 5.44. The lowest BCUT2D eigenvalue weighted by Crippen LogP contribution is -2.41. The Morgan fingerprint density at radius 2 is 2.35 bits per heavy atom. The minimum Gasteiger partial charge on any atom is -0.311 e. The van der Waals surface area contributed by atoms with Crippen molar-refractivity contribution in [1.82, 2.24) is 15.2 Å². The molecular weight excluding hydrogens is 210 g/mol. The Morgan fingerprint density at radius 1 is 1.47 bits per heavy atom. The van der Waals surface area contributed by atoms with Crippen LogP contribution in [-0.4, -0.2) is 35.1 Å². The van der Waals surface area contributed by atoms with Crippen molar-refractivity contribution in [2.75, 3.05) is 19.6 Å². The highest BCUT2D eigenvalue weighted by atomic mass is 15.2. The zero-order valence-electron chi connectivity index (χ0n) is 10.9. The first-order valence-corrected chi connectivity index (χ1v) is 6.53. The summed E-state index contributed by atoms with van der Waals surface area (Å²) in [6.07, 6.45) is 6.41. The smallest absolute Gasteiger partial charge is 0.0312 e. The molecular formula is C14H23N3. The van der Waals surface area contributed by atoms with Gasteiger partial charge in [0.2, 0.25) is 0 Å². The molecule has 0 aromatic carbocycles. The van der Waals surface area contributed by atoms with E-state index in [-0.39, 0.29) is 0 Å². The minimum atomic E-state index is 0.399. The number of aromatic nitrogens is 1. The summed E-state index contributed by atoms with van der Waals surface area (Å²) in [5, 5.41) is 3.48. The largest absolute Gasteiger partial charge is 0.311 e. The zero-order valence-corrected chi connectivity index (χ0v) is 10.9. The van der Waals surface area contributed by atoms with Crippen molar-refractivity contribution in [3.05, 3.63) is 30.1 Å². The van der Waals surface area contributed by atoms with Crippen molar-refractivity contribution in [3.8, 4) is 0 Å². The molecule has 0 atom stereocenters. The summed E-state index contributed by atoms with van der Waals surface area (Å²) in [4.78, 5) is 6.70. The van der Waals surface area contributed by atoms with E-state index < -0.39 is 0 Å². The lowest BCUT2D eigenvalue weighted by molar-refractivity contribution is 0.176. The maximum Gasteiger partial charge on any atom is 0.0312 e. The first-order chi connectivity index (χ1) is 8.18.